The fraction of sp³-hybridized carbons (Fsp3) is 0.333. The van der Waals surface area contributed by atoms with Crippen molar-refractivity contribution in [3.05, 3.63) is 29.3 Å². The molecule has 1 aromatic carbocycles. The third-order valence-electron chi connectivity index (χ3n) is 2.56. The van der Waals surface area contributed by atoms with Crippen molar-refractivity contribution < 1.29 is 0 Å². The Balaban J connectivity index is 2.26. The Labute approximate surface area is 94.2 Å². The van der Waals surface area contributed by atoms with Gasteiger partial charge in [-0.25, -0.2) is 0 Å². The molecule has 0 N–H and O–H groups in total. The van der Waals surface area contributed by atoms with Crippen LogP contribution in [-0.2, 0) is 0 Å². The van der Waals surface area contributed by atoms with E-state index < -0.39 is 0 Å². The second-order valence-electron chi connectivity index (χ2n) is 3.66. The van der Waals surface area contributed by atoms with Gasteiger partial charge < -0.3 is 0 Å². The van der Waals surface area contributed by atoms with Crippen LogP contribution < -0.4 is 0 Å². The smallest absolute Gasteiger partial charge is 0.0846 e. The van der Waals surface area contributed by atoms with Crippen LogP contribution in [0.3, 0.4) is 0 Å². The van der Waals surface area contributed by atoms with E-state index in [1.807, 2.05) is 24.3 Å². The molecule has 1 aromatic rings. The van der Waals surface area contributed by atoms with E-state index in [1.165, 1.54) is 0 Å². The van der Waals surface area contributed by atoms with Crippen molar-refractivity contribution in [3.8, 4) is 6.07 Å². The van der Waals surface area contributed by atoms with E-state index in [1.54, 1.807) is 0 Å². The van der Waals surface area contributed by atoms with Gasteiger partial charge in [-0.1, -0.05) is 17.7 Å². The van der Waals surface area contributed by atoms with Crippen molar-refractivity contribution in [1.82, 2.24) is 0 Å². The van der Waals surface area contributed by atoms with Gasteiger partial charge in [-0.05, 0) is 37.5 Å². The van der Waals surface area contributed by atoms with Gasteiger partial charge in [-0.15, -0.1) is 0 Å². The SMILES string of the molecule is N#CC1CCCC1=Nc1cccc(Cl)c1. The zero-order valence-corrected chi connectivity index (χ0v) is 9.04. The molecule has 0 aliphatic heterocycles. The Morgan fingerprint density at radius 3 is 3.07 bits per heavy atom. The Kier molecular flexibility index (Phi) is 3.03. The molecule has 1 aliphatic rings. The first-order valence-corrected chi connectivity index (χ1v) is 5.40. The molecule has 1 atom stereocenters. The van der Waals surface area contributed by atoms with Gasteiger partial charge in [0.25, 0.3) is 0 Å². The monoisotopic (exact) mass is 218 g/mol. The number of hydrogen-bond acceptors (Lipinski definition) is 2. The van der Waals surface area contributed by atoms with Crippen LogP contribution in [-0.4, -0.2) is 5.71 Å². The number of hydrogen-bond donors (Lipinski definition) is 0. The molecular weight excluding hydrogens is 208 g/mol. The molecule has 1 fully saturated rings. The second-order valence-corrected chi connectivity index (χ2v) is 4.09. The lowest BCUT2D eigenvalue weighted by Gasteiger charge is -2.01. The van der Waals surface area contributed by atoms with Crippen molar-refractivity contribution in [2.75, 3.05) is 0 Å². The van der Waals surface area contributed by atoms with Crippen LogP contribution in [0.25, 0.3) is 0 Å². The molecule has 1 saturated carbocycles. The van der Waals surface area contributed by atoms with Crippen LogP contribution in [0, 0.1) is 17.2 Å². The van der Waals surface area contributed by atoms with Crippen LogP contribution in [0.15, 0.2) is 29.3 Å². The van der Waals surface area contributed by atoms with E-state index in [0.29, 0.717) is 5.02 Å². The number of nitrogens with zero attached hydrogens (tertiary/aromatic N) is 2. The Morgan fingerprint density at radius 2 is 2.33 bits per heavy atom. The molecular formula is C12H11ClN2. The maximum atomic E-state index is 8.91. The van der Waals surface area contributed by atoms with Crippen molar-refractivity contribution in [3.63, 3.8) is 0 Å². The lowest BCUT2D eigenvalue weighted by atomic mass is 10.1. The molecule has 76 valence electrons. The molecule has 2 rings (SSSR count). The Bertz CT molecular complexity index is 431. The minimum atomic E-state index is 0.00369. The average molecular weight is 219 g/mol. The summed E-state index contributed by atoms with van der Waals surface area (Å²) >= 11 is 5.87. The molecule has 15 heavy (non-hydrogen) atoms. The van der Waals surface area contributed by atoms with Gasteiger partial charge in [-0.2, -0.15) is 5.26 Å². The van der Waals surface area contributed by atoms with Crippen LogP contribution in [0.5, 0.6) is 0 Å². The first kappa shape index (κ1) is 10.2. The largest absolute Gasteiger partial charge is 0.256 e. The fourth-order valence-corrected chi connectivity index (χ4v) is 2.00. The van der Waals surface area contributed by atoms with Crippen LogP contribution in [0.1, 0.15) is 19.3 Å². The number of aliphatic imine (C=N–C) groups is 1. The quantitative estimate of drug-likeness (QED) is 0.708. The molecule has 1 aliphatic carbocycles. The summed E-state index contributed by atoms with van der Waals surface area (Å²) in [5.74, 6) is 0.00369. The molecule has 3 heteroatoms. The fourth-order valence-electron chi connectivity index (χ4n) is 1.81. The highest BCUT2D eigenvalue weighted by molar-refractivity contribution is 6.30. The number of halogens is 1. The molecule has 2 nitrogen and oxygen atoms in total. The van der Waals surface area contributed by atoms with Crippen molar-refractivity contribution in [2.45, 2.75) is 19.3 Å². The normalized spacial score (nSPS) is 22.9. The lowest BCUT2D eigenvalue weighted by molar-refractivity contribution is 0.795. The van der Waals surface area contributed by atoms with Gasteiger partial charge in [0.15, 0.2) is 0 Å². The Morgan fingerprint density at radius 1 is 1.47 bits per heavy atom. The molecule has 0 bridgehead atoms. The zero-order valence-electron chi connectivity index (χ0n) is 8.28. The third-order valence-corrected chi connectivity index (χ3v) is 2.80. The van der Waals surface area contributed by atoms with Gasteiger partial charge in [-0.3, -0.25) is 4.99 Å². The lowest BCUT2D eigenvalue weighted by Crippen LogP contribution is -2.02. The van der Waals surface area contributed by atoms with Gasteiger partial charge in [0, 0.05) is 10.7 Å². The van der Waals surface area contributed by atoms with E-state index in [9.17, 15) is 0 Å². The Hall–Kier alpha value is -1.33. The first-order chi connectivity index (χ1) is 7.29. The van der Waals surface area contributed by atoms with E-state index in [4.69, 9.17) is 16.9 Å². The highest BCUT2D eigenvalue weighted by Crippen LogP contribution is 2.26. The van der Waals surface area contributed by atoms with Gasteiger partial charge >= 0.3 is 0 Å². The minimum Gasteiger partial charge on any atom is -0.256 e. The maximum absolute atomic E-state index is 8.91. The predicted molar refractivity (Wildman–Crippen MR) is 61.5 cm³/mol. The molecule has 0 aromatic heterocycles. The van der Waals surface area contributed by atoms with E-state index in [-0.39, 0.29) is 5.92 Å². The van der Waals surface area contributed by atoms with E-state index in [2.05, 4.69) is 11.1 Å². The zero-order chi connectivity index (χ0) is 10.7. The second kappa shape index (κ2) is 4.46. The van der Waals surface area contributed by atoms with Crippen molar-refractivity contribution in [1.29, 1.82) is 5.26 Å². The number of benzene rings is 1. The average Bonchev–Trinajstić information content (AvgIpc) is 2.65. The van der Waals surface area contributed by atoms with E-state index >= 15 is 0 Å². The number of rotatable bonds is 1. The predicted octanol–water partition coefficient (Wildman–Crippen LogP) is 3.74. The van der Waals surface area contributed by atoms with Crippen LogP contribution in [0.2, 0.25) is 5.02 Å². The summed E-state index contributed by atoms with van der Waals surface area (Å²) in [7, 11) is 0. The molecule has 0 saturated heterocycles. The van der Waals surface area contributed by atoms with E-state index in [0.717, 1.165) is 30.7 Å². The highest BCUT2D eigenvalue weighted by atomic mass is 35.5. The van der Waals surface area contributed by atoms with Gasteiger partial charge in [0.1, 0.15) is 0 Å². The summed E-state index contributed by atoms with van der Waals surface area (Å²) in [4.78, 5) is 4.48. The molecule has 0 radical (unpaired) electrons. The standard InChI is InChI=1S/C12H11ClN2/c13-10-4-2-5-11(7-10)15-12-6-1-3-9(12)8-14/h2,4-5,7,9H,1,3,6H2. The van der Waals surface area contributed by atoms with Crippen LogP contribution >= 0.6 is 11.6 Å². The summed E-state index contributed by atoms with van der Waals surface area (Å²) in [5.41, 5.74) is 1.85. The summed E-state index contributed by atoms with van der Waals surface area (Å²) in [6.45, 7) is 0. The molecule has 0 spiro atoms. The van der Waals surface area contributed by atoms with Crippen LogP contribution in [0.4, 0.5) is 5.69 Å². The molecule has 1 unspecified atom stereocenters. The maximum Gasteiger partial charge on any atom is 0.0846 e. The number of nitriles is 1. The molecule has 0 heterocycles. The van der Waals surface area contributed by atoms with Gasteiger partial charge in [0.05, 0.1) is 17.7 Å². The van der Waals surface area contributed by atoms with Gasteiger partial charge in [0.2, 0.25) is 0 Å². The third kappa shape index (κ3) is 2.37. The van der Waals surface area contributed by atoms with Crippen molar-refractivity contribution in [2.24, 2.45) is 10.9 Å². The topological polar surface area (TPSA) is 36.1 Å². The highest BCUT2D eigenvalue weighted by Gasteiger charge is 2.21. The summed E-state index contributed by atoms with van der Waals surface area (Å²) in [6.07, 6.45) is 2.94. The summed E-state index contributed by atoms with van der Waals surface area (Å²) < 4.78 is 0. The summed E-state index contributed by atoms with van der Waals surface area (Å²) in [6, 6.07) is 9.71. The summed E-state index contributed by atoms with van der Waals surface area (Å²) in [5, 5.41) is 9.60. The minimum absolute atomic E-state index is 0.00369. The van der Waals surface area contributed by atoms with Crippen molar-refractivity contribution >= 4 is 23.0 Å². The first-order valence-electron chi connectivity index (χ1n) is 5.02. The molecule has 0 amide bonds.